The lowest BCUT2D eigenvalue weighted by Gasteiger charge is -2.11. The zero-order valence-electron chi connectivity index (χ0n) is 12.6. The Labute approximate surface area is 131 Å². The van der Waals surface area contributed by atoms with Crippen LogP contribution in [0.3, 0.4) is 0 Å². The van der Waals surface area contributed by atoms with Crippen molar-refractivity contribution in [2.45, 2.75) is 6.54 Å². The van der Waals surface area contributed by atoms with E-state index >= 15 is 0 Å². The monoisotopic (exact) mass is 319 g/mol. The summed E-state index contributed by atoms with van der Waals surface area (Å²) >= 11 is 0. The minimum absolute atomic E-state index is 0.176. The van der Waals surface area contributed by atoms with Gasteiger partial charge >= 0.3 is 5.69 Å². The first-order valence-electron chi connectivity index (χ1n) is 6.92. The summed E-state index contributed by atoms with van der Waals surface area (Å²) in [5.41, 5.74) is -1.13. The maximum Gasteiger partial charge on any atom is 0.328 e. The zero-order chi connectivity index (χ0) is 16.7. The van der Waals surface area contributed by atoms with Gasteiger partial charge in [-0.3, -0.25) is 19.1 Å². The number of aromatic nitrogens is 2. The highest BCUT2D eigenvalue weighted by molar-refractivity contribution is 5.75. The molecule has 23 heavy (non-hydrogen) atoms. The van der Waals surface area contributed by atoms with Crippen molar-refractivity contribution in [1.29, 1.82) is 0 Å². The number of ether oxygens (including phenoxy) is 2. The predicted octanol–water partition coefficient (Wildman–Crippen LogP) is -0.260. The van der Waals surface area contributed by atoms with Crippen molar-refractivity contribution in [1.82, 2.24) is 14.9 Å². The van der Waals surface area contributed by atoms with Crippen molar-refractivity contribution < 1.29 is 14.3 Å². The van der Waals surface area contributed by atoms with Crippen LogP contribution in [-0.2, 0) is 11.3 Å². The molecule has 2 rings (SSSR count). The molecule has 0 aliphatic rings. The van der Waals surface area contributed by atoms with Crippen LogP contribution in [0.4, 0.5) is 0 Å². The molecule has 0 bridgehead atoms. The molecule has 1 aromatic heterocycles. The number of hydrogen-bond donors (Lipinski definition) is 2. The smallest absolute Gasteiger partial charge is 0.328 e. The molecule has 0 spiro atoms. The Morgan fingerprint density at radius 3 is 2.65 bits per heavy atom. The largest absolute Gasteiger partial charge is 0.493 e. The predicted molar refractivity (Wildman–Crippen MR) is 82.8 cm³/mol. The third kappa shape index (κ3) is 4.73. The van der Waals surface area contributed by atoms with Crippen molar-refractivity contribution in [3.63, 3.8) is 0 Å². The van der Waals surface area contributed by atoms with E-state index in [2.05, 4.69) is 10.3 Å². The summed E-state index contributed by atoms with van der Waals surface area (Å²) in [7, 11) is 1.55. The lowest BCUT2D eigenvalue weighted by Crippen LogP contribution is -2.36. The van der Waals surface area contributed by atoms with E-state index in [9.17, 15) is 14.4 Å². The molecule has 0 atom stereocenters. The van der Waals surface area contributed by atoms with Gasteiger partial charge in [0, 0.05) is 12.3 Å². The quantitative estimate of drug-likeness (QED) is 0.685. The Morgan fingerprint density at radius 2 is 1.96 bits per heavy atom. The second-order valence-corrected chi connectivity index (χ2v) is 4.59. The number of hydrogen-bond acceptors (Lipinski definition) is 5. The third-order valence-corrected chi connectivity index (χ3v) is 2.96. The normalized spacial score (nSPS) is 10.1. The number of H-pyrrole nitrogens is 1. The van der Waals surface area contributed by atoms with Crippen LogP contribution in [-0.4, -0.2) is 35.7 Å². The Morgan fingerprint density at radius 1 is 1.22 bits per heavy atom. The lowest BCUT2D eigenvalue weighted by atomic mass is 10.3. The van der Waals surface area contributed by atoms with E-state index in [1.807, 2.05) is 12.1 Å². The topological polar surface area (TPSA) is 102 Å². The third-order valence-electron chi connectivity index (χ3n) is 2.96. The number of nitrogens with zero attached hydrogens (tertiary/aromatic N) is 1. The van der Waals surface area contributed by atoms with Crippen LogP contribution < -0.4 is 26.0 Å². The minimum atomic E-state index is -0.627. The highest BCUT2D eigenvalue weighted by atomic mass is 16.5. The fourth-order valence-corrected chi connectivity index (χ4v) is 1.87. The number of carbonyl (C=O) groups is 1. The summed E-state index contributed by atoms with van der Waals surface area (Å²) in [6.45, 7) is 0.353. The van der Waals surface area contributed by atoms with E-state index in [4.69, 9.17) is 9.47 Å². The van der Waals surface area contributed by atoms with E-state index in [0.717, 1.165) is 4.57 Å². The average molecular weight is 319 g/mol. The molecular weight excluding hydrogens is 302 g/mol. The molecular formula is C15H17N3O5. The summed E-state index contributed by atoms with van der Waals surface area (Å²) in [6, 6.07) is 8.37. The number of benzene rings is 1. The molecule has 8 nitrogen and oxygen atoms in total. The molecule has 2 N–H and O–H groups in total. The Kier molecular flexibility index (Phi) is 5.56. The molecule has 0 aliphatic heterocycles. The van der Waals surface area contributed by atoms with Crippen LogP contribution in [0.5, 0.6) is 11.5 Å². The maximum absolute atomic E-state index is 11.7. The first-order valence-corrected chi connectivity index (χ1v) is 6.92. The molecule has 2 aromatic rings. The van der Waals surface area contributed by atoms with Gasteiger partial charge < -0.3 is 14.8 Å². The standard InChI is InChI=1S/C15H17N3O5/c1-22-11-4-2-3-5-12(11)23-9-7-16-14(20)10-18-8-6-13(19)17-15(18)21/h2-6,8H,7,9-10H2,1H3,(H,16,20)(H,17,19,21). The minimum Gasteiger partial charge on any atom is -0.493 e. The molecule has 0 radical (unpaired) electrons. The van der Waals surface area contributed by atoms with E-state index in [1.54, 1.807) is 19.2 Å². The van der Waals surface area contributed by atoms with E-state index in [1.165, 1.54) is 12.3 Å². The molecule has 8 heteroatoms. The van der Waals surface area contributed by atoms with Gasteiger partial charge in [-0.2, -0.15) is 0 Å². The average Bonchev–Trinajstić information content (AvgIpc) is 2.54. The number of amides is 1. The van der Waals surface area contributed by atoms with Gasteiger partial charge in [-0.25, -0.2) is 4.79 Å². The fourth-order valence-electron chi connectivity index (χ4n) is 1.87. The number of carbonyl (C=O) groups excluding carboxylic acids is 1. The van der Waals surface area contributed by atoms with Crippen LogP contribution in [0.25, 0.3) is 0 Å². The van der Waals surface area contributed by atoms with Crippen molar-refractivity contribution >= 4 is 5.91 Å². The van der Waals surface area contributed by atoms with Gasteiger partial charge in [0.2, 0.25) is 5.91 Å². The number of para-hydroxylation sites is 2. The van der Waals surface area contributed by atoms with Gasteiger partial charge in [0.05, 0.1) is 13.7 Å². The second-order valence-electron chi connectivity index (χ2n) is 4.59. The molecule has 0 unspecified atom stereocenters. The molecule has 0 saturated heterocycles. The number of aromatic amines is 1. The van der Waals surface area contributed by atoms with E-state index in [0.29, 0.717) is 11.5 Å². The Hall–Kier alpha value is -3.03. The van der Waals surface area contributed by atoms with E-state index in [-0.39, 0.29) is 25.6 Å². The highest BCUT2D eigenvalue weighted by Crippen LogP contribution is 2.25. The highest BCUT2D eigenvalue weighted by Gasteiger charge is 2.05. The SMILES string of the molecule is COc1ccccc1OCCNC(=O)Cn1ccc(=O)[nH]c1=O. The maximum atomic E-state index is 11.7. The summed E-state index contributed by atoms with van der Waals surface area (Å²) in [5, 5.41) is 2.62. The van der Waals surface area contributed by atoms with Gasteiger partial charge in [0.25, 0.3) is 5.56 Å². The summed E-state index contributed by atoms with van der Waals surface area (Å²) < 4.78 is 11.8. The fraction of sp³-hybridized carbons (Fsp3) is 0.267. The zero-order valence-corrected chi connectivity index (χ0v) is 12.6. The van der Waals surface area contributed by atoms with Crippen LogP contribution >= 0.6 is 0 Å². The van der Waals surface area contributed by atoms with Crippen LogP contribution in [0.1, 0.15) is 0 Å². The van der Waals surface area contributed by atoms with Gasteiger partial charge in [0.15, 0.2) is 11.5 Å². The molecule has 1 amide bonds. The van der Waals surface area contributed by atoms with Crippen molar-refractivity contribution in [2.24, 2.45) is 0 Å². The van der Waals surface area contributed by atoms with Gasteiger partial charge in [-0.1, -0.05) is 12.1 Å². The second kappa shape index (κ2) is 7.83. The van der Waals surface area contributed by atoms with Crippen LogP contribution in [0.15, 0.2) is 46.1 Å². The summed E-state index contributed by atoms with van der Waals surface area (Å²) in [6.07, 6.45) is 1.27. The molecule has 0 aliphatic carbocycles. The first-order chi connectivity index (χ1) is 11.1. The van der Waals surface area contributed by atoms with Crippen molar-refractivity contribution in [3.8, 4) is 11.5 Å². The number of rotatable bonds is 7. The Balaban J connectivity index is 1.79. The molecule has 122 valence electrons. The first kappa shape index (κ1) is 16.3. The van der Waals surface area contributed by atoms with Crippen LogP contribution in [0.2, 0.25) is 0 Å². The summed E-state index contributed by atoms with van der Waals surface area (Å²) in [4.78, 5) is 36.2. The molecule has 0 fully saturated rings. The molecule has 1 heterocycles. The van der Waals surface area contributed by atoms with Crippen molar-refractivity contribution in [2.75, 3.05) is 20.3 Å². The molecule has 1 aromatic carbocycles. The van der Waals surface area contributed by atoms with Crippen LogP contribution in [0, 0.1) is 0 Å². The van der Waals surface area contributed by atoms with Gasteiger partial charge in [-0.05, 0) is 12.1 Å². The van der Waals surface area contributed by atoms with Gasteiger partial charge in [0.1, 0.15) is 13.2 Å². The molecule has 0 saturated carbocycles. The van der Waals surface area contributed by atoms with E-state index < -0.39 is 11.2 Å². The van der Waals surface area contributed by atoms with Gasteiger partial charge in [-0.15, -0.1) is 0 Å². The summed E-state index contributed by atoms with van der Waals surface area (Å²) in [5.74, 6) is 0.836. The lowest BCUT2D eigenvalue weighted by molar-refractivity contribution is -0.121. The number of methoxy groups -OCH3 is 1. The number of nitrogens with one attached hydrogen (secondary N) is 2. The van der Waals surface area contributed by atoms with Crippen molar-refractivity contribution in [3.05, 3.63) is 57.4 Å². The Bertz CT molecular complexity index is 781.